The van der Waals surface area contributed by atoms with Gasteiger partial charge in [-0.3, -0.25) is 0 Å². The number of ether oxygens (including phenoxy) is 1. The number of nitriles is 3. The summed E-state index contributed by atoms with van der Waals surface area (Å²) < 4.78 is 7.02. The molecular formula is C28H25BrN4O. The molecule has 4 rings (SSSR count). The summed E-state index contributed by atoms with van der Waals surface area (Å²) in [6.07, 6.45) is 4.67. The molecule has 0 fully saturated rings. The molecule has 2 aromatic rings. The Labute approximate surface area is 208 Å². The van der Waals surface area contributed by atoms with E-state index in [4.69, 9.17) is 10.5 Å². The molecule has 0 saturated carbocycles. The average molecular weight is 513 g/mol. The van der Waals surface area contributed by atoms with E-state index >= 15 is 0 Å². The van der Waals surface area contributed by atoms with Gasteiger partial charge in [-0.1, -0.05) is 34.1 Å². The summed E-state index contributed by atoms with van der Waals surface area (Å²) in [7, 11) is 0. The second-order valence-corrected chi connectivity index (χ2v) is 9.90. The molecule has 0 spiro atoms. The van der Waals surface area contributed by atoms with Crippen LogP contribution in [-0.4, -0.2) is 0 Å². The highest BCUT2D eigenvalue weighted by Crippen LogP contribution is 2.56. The Bertz CT molecular complexity index is 1300. The van der Waals surface area contributed by atoms with Crippen LogP contribution in [0, 0.1) is 59.2 Å². The summed E-state index contributed by atoms with van der Waals surface area (Å²) in [6, 6.07) is 18.5. The fourth-order valence-electron chi connectivity index (χ4n) is 5.32. The van der Waals surface area contributed by atoms with E-state index in [9.17, 15) is 15.8 Å². The van der Waals surface area contributed by atoms with Crippen LogP contribution in [0.2, 0.25) is 0 Å². The van der Waals surface area contributed by atoms with Gasteiger partial charge in [-0.15, -0.1) is 0 Å². The Hall–Kier alpha value is -3.53. The number of nitrogens with two attached hydrogens (primary N) is 1. The Balaban J connectivity index is 1.83. The lowest BCUT2D eigenvalue weighted by Gasteiger charge is -2.44. The van der Waals surface area contributed by atoms with Crippen LogP contribution < -0.4 is 10.5 Å². The number of aryl methyl sites for hydroxylation is 2. The maximum Gasteiger partial charge on any atom is 0.191 e. The van der Waals surface area contributed by atoms with Crippen molar-refractivity contribution in [1.82, 2.24) is 0 Å². The van der Waals surface area contributed by atoms with Crippen molar-refractivity contribution in [1.29, 1.82) is 15.8 Å². The first kappa shape index (κ1) is 23.6. The first-order valence-electron chi connectivity index (χ1n) is 11.3. The first-order chi connectivity index (χ1) is 16.4. The monoisotopic (exact) mass is 512 g/mol. The van der Waals surface area contributed by atoms with Crippen molar-refractivity contribution >= 4 is 15.9 Å². The van der Waals surface area contributed by atoms with E-state index in [-0.39, 0.29) is 11.6 Å². The summed E-state index contributed by atoms with van der Waals surface area (Å²) in [5.74, 6) is 0.184. The molecule has 0 bridgehead atoms. The van der Waals surface area contributed by atoms with Crippen LogP contribution in [0.1, 0.15) is 47.4 Å². The number of rotatable bonds is 4. The zero-order valence-corrected chi connectivity index (χ0v) is 20.8. The molecule has 6 heteroatoms. The number of nitrogens with zero attached hydrogens (tertiary/aromatic N) is 3. The van der Waals surface area contributed by atoms with Gasteiger partial charge >= 0.3 is 0 Å². The molecule has 2 aliphatic rings. The van der Waals surface area contributed by atoms with Gasteiger partial charge in [0.2, 0.25) is 0 Å². The Morgan fingerprint density at radius 2 is 1.79 bits per heavy atom. The third-order valence-corrected chi connectivity index (χ3v) is 7.60. The van der Waals surface area contributed by atoms with Crippen LogP contribution >= 0.6 is 15.9 Å². The van der Waals surface area contributed by atoms with Gasteiger partial charge in [-0.05, 0) is 91.1 Å². The largest absolute Gasteiger partial charge is 0.489 e. The highest BCUT2D eigenvalue weighted by Gasteiger charge is 2.54. The molecule has 5 nitrogen and oxygen atoms in total. The molecule has 0 radical (unpaired) electrons. The number of fused-ring (bicyclic) bond motifs is 1. The SMILES string of the molecule is Cc1cc(C)c([C@@H]2[C@H]3CCCC=C3C(C#N)=C(N)C2(C#N)C#N)cc1COc1ccc(Br)cc1. The molecule has 0 aromatic heterocycles. The Morgan fingerprint density at radius 3 is 2.44 bits per heavy atom. The van der Waals surface area contributed by atoms with Gasteiger partial charge < -0.3 is 10.5 Å². The normalized spacial score (nSPS) is 20.9. The van der Waals surface area contributed by atoms with Gasteiger partial charge in [0, 0.05) is 10.4 Å². The van der Waals surface area contributed by atoms with E-state index in [1.165, 1.54) is 0 Å². The van der Waals surface area contributed by atoms with E-state index in [0.717, 1.165) is 57.3 Å². The molecular weight excluding hydrogens is 488 g/mol. The van der Waals surface area contributed by atoms with Crippen LogP contribution in [-0.2, 0) is 6.61 Å². The fraction of sp³-hybridized carbons (Fsp3) is 0.321. The van der Waals surface area contributed by atoms with E-state index in [1.54, 1.807) is 0 Å². The van der Waals surface area contributed by atoms with Crippen LogP contribution in [0.15, 0.2) is 63.8 Å². The lowest BCUT2D eigenvalue weighted by atomic mass is 9.56. The maximum atomic E-state index is 10.3. The van der Waals surface area contributed by atoms with Crippen molar-refractivity contribution in [2.24, 2.45) is 17.1 Å². The Kier molecular flexibility index (Phi) is 6.52. The summed E-state index contributed by atoms with van der Waals surface area (Å²) in [6.45, 7) is 4.41. The van der Waals surface area contributed by atoms with Crippen LogP contribution in [0.25, 0.3) is 0 Å². The number of allylic oxidation sites excluding steroid dienone is 4. The lowest BCUT2D eigenvalue weighted by Crippen LogP contribution is -2.43. The highest BCUT2D eigenvalue weighted by atomic mass is 79.9. The minimum atomic E-state index is -1.60. The molecule has 2 aliphatic carbocycles. The fourth-order valence-corrected chi connectivity index (χ4v) is 5.58. The number of hydrogen-bond acceptors (Lipinski definition) is 5. The standard InChI is InChI=1S/C28H25BrN4O/c1-17-11-18(2)24(12-19(17)14-34-21-9-7-20(29)8-10-21)26-23-6-4-3-5-22(23)25(13-30)27(33)28(26,15-31)16-32/h5,7-12,23,26H,3-4,6,14,33H2,1-2H3/t23-,26-/m0/s1. The third kappa shape index (κ3) is 3.87. The van der Waals surface area contributed by atoms with Gasteiger partial charge in [0.1, 0.15) is 18.4 Å². The lowest BCUT2D eigenvalue weighted by molar-refractivity contribution is 0.302. The van der Waals surface area contributed by atoms with Gasteiger partial charge in [-0.25, -0.2) is 0 Å². The van der Waals surface area contributed by atoms with Crippen molar-refractivity contribution in [3.8, 4) is 24.0 Å². The third-order valence-electron chi connectivity index (χ3n) is 7.07. The smallest absolute Gasteiger partial charge is 0.191 e. The second-order valence-electron chi connectivity index (χ2n) is 8.98. The molecule has 2 aromatic carbocycles. The molecule has 2 atom stereocenters. The number of hydrogen-bond donors (Lipinski definition) is 1. The minimum absolute atomic E-state index is 0.0713. The molecule has 0 aliphatic heterocycles. The first-order valence-corrected chi connectivity index (χ1v) is 12.1. The maximum absolute atomic E-state index is 10.3. The minimum Gasteiger partial charge on any atom is -0.489 e. The molecule has 2 N–H and O–H groups in total. The van der Waals surface area contributed by atoms with Crippen molar-refractivity contribution in [2.75, 3.05) is 0 Å². The van der Waals surface area contributed by atoms with Crippen LogP contribution in [0.5, 0.6) is 5.75 Å². The van der Waals surface area contributed by atoms with Crippen LogP contribution in [0.4, 0.5) is 0 Å². The van der Waals surface area contributed by atoms with Crippen molar-refractivity contribution in [3.05, 3.63) is 86.0 Å². The molecule has 0 saturated heterocycles. The summed E-state index contributed by atoms with van der Waals surface area (Å²) >= 11 is 3.43. The predicted molar refractivity (Wildman–Crippen MR) is 133 cm³/mol. The summed E-state index contributed by atoms with van der Waals surface area (Å²) in [5.41, 5.74) is 10.1. The van der Waals surface area contributed by atoms with Crippen molar-refractivity contribution in [3.63, 3.8) is 0 Å². The number of benzene rings is 2. The summed E-state index contributed by atoms with van der Waals surface area (Å²) in [4.78, 5) is 0. The topological polar surface area (TPSA) is 107 Å². The van der Waals surface area contributed by atoms with E-state index in [1.807, 2.05) is 38.1 Å². The zero-order chi connectivity index (χ0) is 24.5. The van der Waals surface area contributed by atoms with E-state index < -0.39 is 11.3 Å². The summed E-state index contributed by atoms with van der Waals surface area (Å²) in [5, 5.41) is 30.4. The van der Waals surface area contributed by atoms with Gasteiger partial charge in [-0.2, -0.15) is 15.8 Å². The zero-order valence-electron chi connectivity index (χ0n) is 19.2. The molecule has 34 heavy (non-hydrogen) atoms. The van der Waals surface area contributed by atoms with Gasteiger partial charge in [0.05, 0.1) is 23.4 Å². The average Bonchev–Trinajstić information content (AvgIpc) is 2.84. The quantitative estimate of drug-likeness (QED) is 0.521. The van der Waals surface area contributed by atoms with E-state index in [0.29, 0.717) is 12.2 Å². The number of halogens is 1. The van der Waals surface area contributed by atoms with Crippen molar-refractivity contribution < 1.29 is 4.74 Å². The highest BCUT2D eigenvalue weighted by molar-refractivity contribution is 9.10. The Morgan fingerprint density at radius 1 is 1.09 bits per heavy atom. The van der Waals surface area contributed by atoms with Gasteiger partial charge in [0.15, 0.2) is 5.41 Å². The molecule has 170 valence electrons. The molecule has 0 amide bonds. The molecule has 0 unspecified atom stereocenters. The molecule has 0 heterocycles. The predicted octanol–water partition coefficient (Wildman–Crippen LogP) is 6.24. The van der Waals surface area contributed by atoms with Crippen molar-refractivity contribution in [2.45, 2.75) is 45.6 Å². The second kappa shape index (κ2) is 9.38. The van der Waals surface area contributed by atoms with E-state index in [2.05, 4.69) is 52.3 Å². The van der Waals surface area contributed by atoms with Gasteiger partial charge in [0.25, 0.3) is 0 Å². The van der Waals surface area contributed by atoms with Crippen LogP contribution in [0.3, 0.4) is 0 Å².